The molecule has 0 atom stereocenters. The highest BCUT2D eigenvalue weighted by Gasteiger charge is 2.04. The van der Waals surface area contributed by atoms with Crippen LogP contribution >= 0.6 is 0 Å². The number of rotatable bonds is 6. The van der Waals surface area contributed by atoms with Crippen LogP contribution in [0.4, 0.5) is 5.69 Å². The second-order valence-corrected chi connectivity index (χ2v) is 5.84. The minimum atomic E-state index is -0.417. The number of hydrazone groups is 1. The molecule has 136 valence electrons. The zero-order valence-electron chi connectivity index (χ0n) is 14.8. The van der Waals surface area contributed by atoms with E-state index in [-0.39, 0.29) is 12.5 Å². The van der Waals surface area contributed by atoms with Gasteiger partial charge in [-0.15, -0.1) is 0 Å². The first kappa shape index (κ1) is 18.1. The maximum absolute atomic E-state index is 12.0. The lowest BCUT2D eigenvalue weighted by molar-refractivity contribution is -0.131. The van der Waals surface area contributed by atoms with E-state index in [0.717, 1.165) is 16.5 Å². The first-order valence-electron chi connectivity index (χ1n) is 8.44. The van der Waals surface area contributed by atoms with Gasteiger partial charge in [0.05, 0.1) is 12.8 Å². The van der Waals surface area contributed by atoms with E-state index in [0.29, 0.717) is 11.3 Å². The molecular weight excluding hydrogens is 342 g/mol. The molecule has 0 aliphatic rings. The molecule has 6 nitrogen and oxygen atoms in total. The summed E-state index contributed by atoms with van der Waals surface area (Å²) in [6, 6.07) is 20.9. The Morgan fingerprint density at radius 2 is 1.74 bits per heavy atom. The smallest absolute Gasteiger partial charge is 0.308 e. The molecule has 3 rings (SSSR count). The Labute approximate surface area is 156 Å². The van der Waals surface area contributed by atoms with Crippen molar-refractivity contribution in [2.45, 2.75) is 6.92 Å². The van der Waals surface area contributed by atoms with Gasteiger partial charge >= 0.3 is 5.97 Å². The van der Waals surface area contributed by atoms with E-state index >= 15 is 0 Å². The first-order chi connectivity index (χ1) is 13.1. The Morgan fingerprint density at radius 3 is 2.56 bits per heavy atom. The molecule has 0 spiro atoms. The predicted octanol–water partition coefficient (Wildman–Crippen LogP) is 3.33. The van der Waals surface area contributed by atoms with Crippen LogP contribution in [0.15, 0.2) is 71.8 Å². The third-order valence-electron chi connectivity index (χ3n) is 3.77. The molecule has 6 heteroatoms. The highest BCUT2D eigenvalue weighted by atomic mass is 16.5. The van der Waals surface area contributed by atoms with Crippen LogP contribution in [0.25, 0.3) is 10.8 Å². The molecule has 3 aromatic carbocycles. The van der Waals surface area contributed by atoms with E-state index in [4.69, 9.17) is 4.74 Å². The number of nitrogens with one attached hydrogen (secondary N) is 2. The van der Waals surface area contributed by atoms with Crippen molar-refractivity contribution < 1.29 is 14.3 Å². The van der Waals surface area contributed by atoms with Gasteiger partial charge in [-0.2, -0.15) is 5.10 Å². The number of para-hydroxylation sites is 1. The zero-order chi connectivity index (χ0) is 19.1. The molecule has 27 heavy (non-hydrogen) atoms. The number of anilines is 1. The van der Waals surface area contributed by atoms with Gasteiger partial charge in [0, 0.05) is 18.2 Å². The van der Waals surface area contributed by atoms with Crippen molar-refractivity contribution in [2.75, 3.05) is 11.9 Å². The van der Waals surface area contributed by atoms with Crippen LogP contribution < -0.4 is 15.5 Å². The van der Waals surface area contributed by atoms with Crippen molar-refractivity contribution in [1.29, 1.82) is 0 Å². The Balaban J connectivity index is 1.55. The molecule has 0 bridgehead atoms. The van der Waals surface area contributed by atoms with Gasteiger partial charge in [0.1, 0.15) is 5.75 Å². The van der Waals surface area contributed by atoms with E-state index in [2.05, 4.69) is 15.8 Å². The van der Waals surface area contributed by atoms with Crippen LogP contribution in [0.3, 0.4) is 0 Å². The van der Waals surface area contributed by atoms with Gasteiger partial charge in [-0.05, 0) is 35.0 Å². The van der Waals surface area contributed by atoms with Gasteiger partial charge in [-0.25, -0.2) is 5.43 Å². The fourth-order valence-electron chi connectivity index (χ4n) is 2.53. The lowest BCUT2D eigenvalue weighted by atomic mass is 10.1. The molecule has 0 heterocycles. The quantitative estimate of drug-likeness (QED) is 0.305. The van der Waals surface area contributed by atoms with E-state index in [9.17, 15) is 9.59 Å². The maximum Gasteiger partial charge on any atom is 0.308 e. The van der Waals surface area contributed by atoms with Crippen molar-refractivity contribution in [2.24, 2.45) is 5.10 Å². The largest absolute Gasteiger partial charge is 0.426 e. The van der Waals surface area contributed by atoms with Crippen LogP contribution in [-0.4, -0.2) is 24.6 Å². The van der Waals surface area contributed by atoms with Gasteiger partial charge < -0.3 is 10.1 Å². The summed E-state index contributed by atoms with van der Waals surface area (Å²) >= 11 is 0. The molecule has 0 radical (unpaired) electrons. The third-order valence-corrected chi connectivity index (χ3v) is 3.77. The second kappa shape index (κ2) is 8.62. The number of amides is 1. The van der Waals surface area contributed by atoms with Crippen LogP contribution in [0, 0.1) is 0 Å². The first-order valence-corrected chi connectivity index (χ1v) is 8.44. The Bertz CT molecular complexity index is 999. The van der Waals surface area contributed by atoms with Crippen LogP contribution in [-0.2, 0) is 9.59 Å². The molecule has 1 amide bonds. The topological polar surface area (TPSA) is 79.8 Å². The van der Waals surface area contributed by atoms with Gasteiger partial charge in [0.2, 0.25) is 0 Å². The lowest BCUT2D eigenvalue weighted by Crippen LogP contribution is -2.25. The lowest BCUT2D eigenvalue weighted by Gasteiger charge is -2.07. The van der Waals surface area contributed by atoms with E-state index in [1.54, 1.807) is 24.3 Å². The normalized spacial score (nSPS) is 10.7. The summed E-state index contributed by atoms with van der Waals surface area (Å²) in [5, 5.41) is 9.23. The number of ether oxygens (including phenoxy) is 1. The van der Waals surface area contributed by atoms with Gasteiger partial charge in [-0.3, -0.25) is 9.59 Å². The number of esters is 1. The Kier molecular flexibility index (Phi) is 5.79. The van der Waals surface area contributed by atoms with Gasteiger partial charge in [-0.1, -0.05) is 42.5 Å². The predicted molar refractivity (Wildman–Crippen MR) is 106 cm³/mol. The van der Waals surface area contributed by atoms with Crippen molar-refractivity contribution in [3.05, 3.63) is 72.3 Å². The van der Waals surface area contributed by atoms with E-state index < -0.39 is 5.97 Å². The number of fused-ring (bicyclic) bond motifs is 1. The monoisotopic (exact) mass is 361 g/mol. The third kappa shape index (κ3) is 5.15. The Morgan fingerprint density at radius 1 is 1.00 bits per heavy atom. The van der Waals surface area contributed by atoms with E-state index in [1.165, 1.54) is 13.1 Å². The standard InChI is InChI=1S/C21H19N3O3/c1-15(25)27-20-9-5-4-8-18(20)13-23-24-21(26)14-22-19-11-10-16-6-2-3-7-17(16)12-19/h2-13,22H,14H2,1H3,(H,24,26)/b23-13+. The van der Waals surface area contributed by atoms with Gasteiger partial charge in [0.25, 0.3) is 5.91 Å². The highest BCUT2D eigenvalue weighted by Crippen LogP contribution is 2.18. The summed E-state index contributed by atoms with van der Waals surface area (Å²) in [6.07, 6.45) is 1.44. The zero-order valence-corrected chi connectivity index (χ0v) is 14.8. The molecule has 0 unspecified atom stereocenters. The molecule has 3 aromatic rings. The average molecular weight is 361 g/mol. The summed E-state index contributed by atoms with van der Waals surface area (Å²) in [6.45, 7) is 1.41. The summed E-state index contributed by atoms with van der Waals surface area (Å²) in [5.41, 5.74) is 3.89. The number of benzene rings is 3. The van der Waals surface area contributed by atoms with Crippen LogP contribution in [0.2, 0.25) is 0 Å². The number of hydrogen-bond acceptors (Lipinski definition) is 5. The highest BCUT2D eigenvalue weighted by molar-refractivity contribution is 5.88. The van der Waals surface area contributed by atoms with Crippen LogP contribution in [0.1, 0.15) is 12.5 Å². The molecule has 2 N–H and O–H groups in total. The van der Waals surface area contributed by atoms with Gasteiger partial charge in [0.15, 0.2) is 0 Å². The van der Waals surface area contributed by atoms with Crippen molar-refractivity contribution >= 4 is 34.6 Å². The minimum Gasteiger partial charge on any atom is -0.426 e. The molecule has 0 fully saturated rings. The van der Waals surface area contributed by atoms with Crippen molar-refractivity contribution in [3.63, 3.8) is 0 Å². The summed E-state index contributed by atoms with van der Waals surface area (Å²) in [4.78, 5) is 23.1. The van der Waals surface area contributed by atoms with Crippen molar-refractivity contribution in [3.8, 4) is 5.75 Å². The van der Waals surface area contributed by atoms with Crippen LogP contribution in [0.5, 0.6) is 5.75 Å². The molecule has 0 aromatic heterocycles. The molecule has 0 aliphatic carbocycles. The molecule has 0 aliphatic heterocycles. The minimum absolute atomic E-state index is 0.0846. The molecule has 0 saturated heterocycles. The Hall–Kier alpha value is -3.67. The molecular formula is C21H19N3O3. The van der Waals surface area contributed by atoms with Crippen molar-refractivity contribution in [1.82, 2.24) is 5.43 Å². The molecule has 0 saturated carbocycles. The number of nitrogens with zero attached hydrogens (tertiary/aromatic N) is 1. The number of carbonyl (C=O) groups excluding carboxylic acids is 2. The number of hydrogen-bond donors (Lipinski definition) is 2. The number of carbonyl (C=O) groups is 2. The summed E-state index contributed by atoms with van der Waals surface area (Å²) in [7, 11) is 0. The average Bonchev–Trinajstić information content (AvgIpc) is 2.67. The fraction of sp³-hybridized carbons (Fsp3) is 0.0952. The van der Waals surface area contributed by atoms with E-state index in [1.807, 2.05) is 42.5 Å². The second-order valence-electron chi connectivity index (χ2n) is 5.84. The summed E-state index contributed by atoms with van der Waals surface area (Å²) in [5.74, 6) is -0.318. The maximum atomic E-state index is 12.0. The summed E-state index contributed by atoms with van der Waals surface area (Å²) < 4.78 is 5.09. The fourth-order valence-corrected chi connectivity index (χ4v) is 2.53. The SMILES string of the molecule is CC(=O)Oc1ccccc1/C=N/NC(=O)CNc1ccc2ccccc2c1.